The Balaban J connectivity index is 1.88. The zero-order valence-electron chi connectivity index (χ0n) is 11.8. The van der Waals surface area contributed by atoms with Crippen LogP contribution in [0.2, 0.25) is 0 Å². The number of benzene rings is 2. The fourth-order valence-corrected chi connectivity index (χ4v) is 1.99. The molecule has 0 amide bonds. The van der Waals surface area contributed by atoms with Gasteiger partial charge in [-0.1, -0.05) is 42.5 Å². The lowest BCUT2D eigenvalue weighted by Crippen LogP contribution is -2.21. The van der Waals surface area contributed by atoms with Crippen LogP contribution in [0.1, 0.15) is 24.1 Å². The maximum atomic E-state index is 8.80. The first kappa shape index (κ1) is 14.6. The minimum Gasteiger partial charge on any atom is -0.489 e. The van der Waals surface area contributed by atoms with Crippen LogP contribution in [-0.4, -0.2) is 18.3 Å². The molecule has 0 saturated heterocycles. The van der Waals surface area contributed by atoms with Gasteiger partial charge in [-0.05, 0) is 30.2 Å². The lowest BCUT2D eigenvalue weighted by atomic mass is 10.1. The molecule has 1 unspecified atom stereocenters. The molecule has 3 heteroatoms. The van der Waals surface area contributed by atoms with E-state index in [0.29, 0.717) is 13.2 Å². The summed E-state index contributed by atoms with van der Waals surface area (Å²) in [5.41, 5.74) is 2.35. The standard InChI is InChI=1S/C17H21NO2/c1-14(18-11-12-19)16-7-9-17(10-8-16)20-13-15-5-3-2-4-6-15/h2-10,14,18-19H,11-13H2,1H3. The largest absolute Gasteiger partial charge is 0.489 e. The van der Waals surface area contributed by atoms with Crippen molar-refractivity contribution < 1.29 is 9.84 Å². The Hall–Kier alpha value is -1.84. The van der Waals surface area contributed by atoms with Crippen LogP contribution >= 0.6 is 0 Å². The molecule has 0 aliphatic carbocycles. The highest BCUT2D eigenvalue weighted by Gasteiger charge is 2.04. The molecular formula is C17H21NO2. The van der Waals surface area contributed by atoms with Crippen LogP contribution in [-0.2, 0) is 6.61 Å². The average molecular weight is 271 g/mol. The zero-order valence-corrected chi connectivity index (χ0v) is 11.8. The predicted octanol–water partition coefficient (Wildman–Crippen LogP) is 2.91. The Morgan fingerprint density at radius 3 is 2.40 bits per heavy atom. The first-order valence-electron chi connectivity index (χ1n) is 6.90. The van der Waals surface area contributed by atoms with E-state index in [-0.39, 0.29) is 12.6 Å². The van der Waals surface area contributed by atoms with Gasteiger partial charge in [-0.2, -0.15) is 0 Å². The molecule has 2 aromatic rings. The van der Waals surface area contributed by atoms with E-state index in [1.807, 2.05) is 30.3 Å². The van der Waals surface area contributed by atoms with Crippen molar-refractivity contribution in [1.82, 2.24) is 5.32 Å². The minimum atomic E-state index is 0.155. The van der Waals surface area contributed by atoms with Crippen molar-refractivity contribution >= 4 is 0 Å². The van der Waals surface area contributed by atoms with Crippen LogP contribution in [0.3, 0.4) is 0 Å². The number of aliphatic hydroxyl groups is 1. The summed E-state index contributed by atoms with van der Waals surface area (Å²) in [7, 11) is 0. The second-order valence-electron chi connectivity index (χ2n) is 4.74. The number of hydrogen-bond acceptors (Lipinski definition) is 3. The van der Waals surface area contributed by atoms with Crippen molar-refractivity contribution in [2.45, 2.75) is 19.6 Å². The van der Waals surface area contributed by atoms with Crippen molar-refractivity contribution in [2.24, 2.45) is 0 Å². The van der Waals surface area contributed by atoms with E-state index in [1.54, 1.807) is 0 Å². The van der Waals surface area contributed by atoms with E-state index in [4.69, 9.17) is 9.84 Å². The molecule has 0 spiro atoms. The summed E-state index contributed by atoms with van der Waals surface area (Å²) in [5, 5.41) is 12.0. The summed E-state index contributed by atoms with van der Waals surface area (Å²) in [6.45, 7) is 3.42. The second kappa shape index (κ2) is 7.68. The highest BCUT2D eigenvalue weighted by molar-refractivity contribution is 5.29. The molecule has 0 heterocycles. The molecule has 0 fully saturated rings. The summed E-state index contributed by atoms with van der Waals surface area (Å²) < 4.78 is 5.75. The summed E-state index contributed by atoms with van der Waals surface area (Å²) in [4.78, 5) is 0. The Labute approximate surface area is 120 Å². The molecule has 0 aromatic heterocycles. The molecule has 0 radical (unpaired) electrons. The fraction of sp³-hybridized carbons (Fsp3) is 0.294. The Morgan fingerprint density at radius 1 is 1.05 bits per heavy atom. The second-order valence-corrected chi connectivity index (χ2v) is 4.74. The minimum absolute atomic E-state index is 0.155. The number of aliphatic hydroxyl groups excluding tert-OH is 1. The third-order valence-corrected chi connectivity index (χ3v) is 3.19. The maximum absolute atomic E-state index is 8.80. The molecule has 0 aliphatic heterocycles. The van der Waals surface area contributed by atoms with Crippen LogP contribution in [0.5, 0.6) is 5.75 Å². The van der Waals surface area contributed by atoms with Crippen molar-refractivity contribution in [3.05, 3.63) is 65.7 Å². The molecule has 0 bridgehead atoms. The van der Waals surface area contributed by atoms with Crippen LogP contribution < -0.4 is 10.1 Å². The highest BCUT2D eigenvalue weighted by atomic mass is 16.5. The van der Waals surface area contributed by atoms with E-state index >= 15 is 0 Å². The van der Waals surface area contributed by atoms with Crippen molar-refractivity contribution in [3.63, 3.8) is 0 Å². The smallest absolute Gasteiger partial charge is 0.119 e. The number of hydrogen-bond donors (Lipinski definition) is 2. The monoisotopic (exact) mass is 271 g/mol. The highest BCUT2D eigenvalue weighted by Crippen LogP contribution is 2.18. The molecule has 2 aromatic carbocycles. The van der Waals surface area contributed by atoms with Gasteiger partial charge in [-0.25, -0.2) is 0 Å². The molecule has 20 heavy (non-hydrogen) atoms. The first-order valence-corrected chi connectivity index (χ1v) is 6.90. The summed E-state index contributed by atoms with van der Waals surface area (Å²) in [6.07, 6.45) is 0. The van der Waals surface area contributed by atoms with Crippen molar-refractivity contribution in [1.29, 1.82) is 0 Å². The zero-order chi connectivity index (χ0) is 14.2. The molecule has 2 N–H and O–H groups in total. The third-order valence-electron chi connectivity index (χ3n) is 3.19. The number of nitrogens with one attached hydrogen (secondary N) is 1. The number of ether oxygens (including phenoxy) is 1. The molecular weight excluding hydrogens is 250 g/mol. The van der Waals surface area contributed by atoms with Gasteiger partial charge in [0.25, 0.3) is 0 Å². The van der Waals surface area contributed by atoms with Gasteiger partial charge in [0.15, 0.2) is 0 Å². The SMILES string of the molecule is CC(NCCO)c1ccc(OCc2ccccc2)cc1. The Kier molecular flexibility index (Phi) is 5.59. The van der Waals surface area contributed by atoms with Gasteiger partial charge in [0.1, 0.15) is 12.4 Å². The molecule has 2 rings (SSSR count). The van der Waals surface area contributed by atoms with Crippen LogP contribution in [0.15, 0.2) is 54.6 Å². The van der Waals surface area contributed by atoms with Crippen LogP contribution in [0, 0.1) is 0 Å². The van der Waals surface area contributed by atoms with Gasteiger partial charge < -0.3 is 15.2 Å². The first-order chi connectivity index (χ1) is 9.79. The molecule has 106 valence electrons. The predicted molar refractivity (Wildman–Crippen MR) is 80.7 cm³/mol. The van der Waals surface area contributed by atoms with E-state index in [9.17, 15) is 0 Å². The van der Waals surface area contributed by atoms with E-state index in [1.165, 1.54) is 5.56 Å². The molecule has 0 saturated carbocycles. The van der Waals surface area contributed by atoms with Crippen LogP contribution in [0.4, 0.5) is 0 Å². The van der Waals surface area contributed by atoms with Crippen molar-refractivity contribution in [3.8, 4) is 5.75 Å². The van der Waals surface area contributed by atoms with Crippen LogP contribution in [0.25, 0.3) is 0 Å². The average Bonchev–Trinajstić information content (AvgIpc) is 2.52. The Bertz CT molecular complexity index is 496. The topological polar surface area (TPSA) is 41.5 Å². The van der Waals surface area contributed by atoms with Gasteiger partial charge >= 0.3 is 0 Å². The van der Waals surface area contributed by atoms with E-state index in [2.05, 4.69) is 36.5 Å². The Morgan fingerprint density at radius 2 is 1.75 bits per heavy atom. The van der Waals surface area contributed by atoms with Gasteiger partial charge in [-0.3, -0.25) is 0 Å². The quantitative estimate of drug-likeness (QED) is 0.813. The summed E-state index contributed by atoms with van der Waals surface area (Å²) in [5.74, 6) is 0.868. The van der Waals surface area contributed by atoms with Gasteiger partial charge in [-0.15, -0.1) is 0 Å². The van der Waals surface area contributed by atoms with E-state index < -0.39 is 0 Å². The molecule has 3 nitrogen and oxygen atoms in total. The van der Waals surface area contributed by atoms with Gasteiger partial charge in [0.2, 0.25) is 0 Å². The lowest BCUT2D eigenvalue weighted by molar-refractivity contribution is 0.286. The van der Waals surface area contributed by atoms with E-state index in [0.717, 1.165) is 11.3 Å². The maximum Gasteiger partial charge on any atom is 0.119 e. The molecule has 0 aliphatic rings. The summed E-state index contributed by atoms with van der Waals surface area (Å²) in [6, 6.07) is 18.4. The molecule has 1 atom stereocenters. The normalized spacial score (nSPS) is 12.1. The summed E-state index contributed by atoms with van der Waals surface area (Å²) >= 11 is 0. The lowest BCUT2D eigenvalue weighted by Gasteiger charge is -2.14. The van der Waals surface area contributed by atoms with Crippen molar-refractivity contribution in [2.75, 3.05) is 13.2 Å². The number of rotatable bonds is 7. The van der Waals surface area contributed by atoms with Gasteiger partial charge in [0, 0.05) is 12.6 Å². The third kappa shape index (κ3) is 4.37. The van der Waals surface area contributed by atoms with Gasteiger partial charge in [0.05, 0.1) is 6.61 Å². The fourth-order valence-electron chi connectivity index (χ4n) is 1.99.